The fraction of sp³-hybridized carbons (Fsp3) is 0.487. The molecule has 0 aliphatic carbocycles. The predicted octanol–water partition coefficient (Wildman–Crippen LogP) is 5.40. The monoisotopic (exact) mass is 700 g/mol. The van der Waals surface area contributed by atoms with Gasteiger partial charge in [-0.15, -0.1) is 0 Å². The van der Waals surface area contributed by atoms with Gasteiger partial charge in [0.05, 0.1) is 23.3 Å². The Morgan fingerprint density at radius 1 is 0.980 bits per heavy atom. The fourth-order valence-corrected chi connectivity index (χ4v) is 8.31. The zero-order chi connectivity index (χ0) is 35.8. The Labute approximate surface area is 296 Å². The van der Waals surface area contributed by atoms with E-state index in [1.807, 2.05) is 19.1 Å². The number of benzene rings is 2. The number of aromatic nitrogens is 1. The SMILES string of the molecule is Cc1cc2c(N3CCCc4cc(/C(C=NC5CCN(C6CCC(=O)NC6=O)CC5)=C/N)c(C(F)F)cc43)cc(C3CCOCC3)cc2n(C)c1=O. The lowest BCUT2D eigenvalue weighted by molar-refractivity contribution is -0.137. The molecule has 1 atom stereocenters. The maximum Gasteiger partial charge on any atom is 0.264 e. The molecule has 3 saturated heterocycles. The highest BCUT2D eigenvalue weighted by molar-refractivity contribution is 6.10. The zero-order valence-corrected chi connectivity index (χ0v) is 29.3. The van der Waals surface area contributed by atoms with Gasteiger partial charge < -0.3 is 19.9 Å². The number of ether oxygens (including phenoxy) is 1. The van der Waals surface area contributed by atoms with Crippen LogP contribution in [0, 0.1) is 6.92 Å². The molecule has 3 fully saturated rings. The number of likely N-dealkylation sites (tertiary alicyclic amines) is 1. The third-order valence-corrected chi connectivity index (χ3v) is 11.2. The van der Waals surface area contributed by atoms with Crippen molar-refractivity contribution in [1.82, 2.24) is 14.8 Å². The van der Waals surface area contributed by atoms with Gasteiger partial charge in [-0.2, -0.15) is 0 Å². The fourth-order valence-electron chi connectivity index (χ4n) is 8.31. The maximum atomic E-state index is 15.0. The smallest absolute Gasteiger partial charge is 0.264 e. The summed E-state index contributed by atoms with van der Waals surface area (Å²) in [6.07, 6.45) is 5.82. The van der Waals surface area contributed by atoms with Crippen LogP contribution in [0.25, 0.3) is 16.5 Å². The van der Waals surface area contributed by atoms with Crippen LogP contribution in [-0.2, 0) is 27.8 Å². The number of halogens is 2. The molecule has 10 nitrogen and oxygen atoms in total. The summed E-state index contributed by atoms with van der Waals surface area (Å²) in [4.78, 5) is 46.0. The van der Waals surface area contributed by atoms with E-state index < -0.39 is 6.43 Å². The third-order valence-electron chi connectivity index (χ3n) is 11.2. The molecule has 0 radical (unpaired) electrons. The van der Waals surface area contributed by atoms with E-state index in [0.717, 1.165) is 59.1 Å². The molecule has 1 unspecified atom stereocenters. The lowest BCUT2D eigenvalue weighted by Crippen LogP contribution is -2.54. The van der Waals surface area contributed by atoms with Crippen LogP contribution >= 0.6 is 0 Å². The number of fused-ring (bicyclic) bond motifs is 2. The average molecular weight is 701 g/mol. The number of nitrogens with zero attached hydrogens (tertiary/aromatic N) is 4. The van der Waals surface area contributed by atoms with Crippen LogP contribution in [0.4, 0.5) is 20.2 Å². The molecule has 1 aromatic heterocycles. The summed E-state index contributed by atoms with van der Waals surface area (Å²) in [6, 6.07) is 9.36. The lowest BCUT2D eigenvalue weighted by atomic mass is 9.88. The minimum absolute atomic E-state index is 0.0386. The number of allylic oxidation sites excluding steroid dienone is 1. The van der Waals surface area contributed by atoms with Crippen LogP contribution in [0.2, 0.25) is 0 Å². The van der Waals surface area contributed by atoms with Gasteiger partial charge in [-0.05, 0) is 105 Å². The number of hydrogen-bond acceptors (Lipinski definition) is 8. The van der Waals surface area contributed by atoms with Gasteiger partial charge in [0, 0.05) is 86.5 Å². The number of carbonyl (C=O) groups is 2. The Balaban J connectivity index is 1.20. The average Bonchev–Trinajstić information content (AvgIpc) is 3.14. The van der Waals surface area contributed by atoms with Crippen molar-refractivity contribution in [3.63, 3.8) is 0 Å². The van der Waals surface area contributed by atoms with Crippen LogP contribution in [0.3, 0.4) is 0 Å². The maximum absolute atomic E-state index is 15.0. The summed E-state index contributed by atoms with van der Waals surface area (Å²) in [7, 11) is 1.80. The number of anilines is 2. The highest BCUT2D eigenvalue weighted by Gasteiger charge is 2.34. The highest BCUT2D eigenvalue weighted by atomic mass is 19.3. The van der Waals surface area contributed by atoms with Gasteiger partial charge in [0.25, 0.3) is 12.0 Å². The van der Waals surface area contributed by atoms with Crippen molar-refractivity contribution >= 4 is 45.9 Å². The Bertz CT molecular complexity index is 1960. The largest absolute Gasteiger partial charge is 0.404 e. The number of aryl methyl sites for hydroxylation is 3. The number of alkyl halides is 2. The molecule has 51 heavy (non-hydrogen) atoms. The molecular weight excluding hydrogens is 654 g/mol. The van der Waals surface area contributed by atoms with Gasteiger partial charge in [0.15, 0.2) is 0 Å². The molecule has 2 aromatic carbocycles. The number of rotatable bonds is 7. The first-order valence-corrected chi connectivity index (χ1v) is 18.1. The van der Waals surface area contributed by atoms with Crippen LogP contribution in [0.5, 0.6) is 0 Å². The van der Waals surface area contributed by atoms with Gasteiger partial charge in [0.2, 0.25) is 11.8 Å². The normalized spacial score (nSPS) is 21.5. The Hall–Kier alpha value is -4.42. The van der Waals surface area contributed by atoms with Gasteiger partial charge in [-0.25, -0.2) is 8.78 Å². The van der Waals surface area contributed by atoms with E-state index in [0.29, 0.717) is 75.2 Å². The van der Waals surface area contributed by atoms with E-state index in [1.54, 1.807) is 23.9 Å². The molecule has 3 aromatic rings. The number of aliphatic imine (C=N–C) groups is 1. The van der Waals surface area contributed by atoms with Crippen molar-refractivity contribution in [3.05, 3.63) is 74.7 Å². The minimum Gasteiger partial charge on any atom is -0.404 e. The number of carbonyl (C=O) groups excluding carboxylic acids is 2. The van der Waals surface area contributed by atoms with E-state index in [4.69, 9.17) is 15.5 Å². The van der Waals surface area contributed by atoms with Crippen molar-refractivity contribution in [1.29, 1.82) is 0 Å². The van der Waals surface area contributed by atoms with Gasteiger partial charge in [0.1, 0.15) is 0 Å². The number of pyridine rings is 1. The number of nitrogens with two attached hydrogens (primary N) is 1. The molecule has 4 aliphatic heterocycles. The molecule has 12 heteroatoms. The first kappa shape index (κ1) is 35.0. The second-order valence-electron chi connectivity index (χ2n) is 14.3. The minimum atomic E-state index is -2.75. The predicted molar refractivity (Wildman–Crippen MR) is 195 cm³/mol. The van der Waals surface area contributed by atoms with Crippen molar-refractivity contribution in [3.8, 4) is 0 Å². The molecule has 0 bridgehead atoms. The van der Waals surface area contributed by atoms with Crippen LogP contribution < -0.4 is 21.5 Å². The van der Waals surface area contributed by atoms with Crippen molar-refractivity contribution < 1.29 is 23.1 Å². The van der Waals surface area contributed by atoms with Crippen molar-refractivity contribution in [2.45, 2.75) is 82.7 Å². The molecule has 7 rings (SSSR count). The van der Waals surface area contributed by atoms with Gasteiger partial charge >= 0.3 is 0 Å². The molecule has 5 heterocycles. The Morgan fingerprint density at radius 3 is 2.45 bits per heavy atom. The van der Waals surface area contributed by atoms with E-state index in [1.165, 1.54) is 6.20 Å². The summed E-state index contributed by atoms with van der Waals surface area (Å²) in [5.74, 6) is -0.192. The number of amides is 2. The lowest BCUT2D eigenvalue weighted by Gasteiger charge is -2.37. The number of hydrogen-bond donors (Lipinski definition) is 2. The number of imide groups is 1. The molecule has 2 amide bonds. The summed E-state index contributed by atoms with van der Waals surface area (Å²) in [5, 5.41) is 3.35. The number of nitrogens with one attached hydrogen (secondary N) is 1. The zero-order valence-electron chi connectivity index (χ0n) is 29.3. The third kappa shape index (κ3) is 6.95. The highest BCUT2D eigenvalue weighted by Crippen LogP contribution is 2.43. The summed E-state index contributed by atoms with van der Waals surface area (Å²) < 4.78 is 37.3. The van der Waals surface area contributed by atoms with E-state index in [2.05, 4.69) is 27.2 Å². The van der Waals surface area contributed by atoms with E-state index in [9.17, 15) is 23.2 Å². The van der Waals surface area contributed by atoms with Crippen LogP contribution in [0.15, 0.2) is 46.3 Å². The molecular formula is C39H46F2N6O4. The topological polar surface area (TPSA) is 122 Å². The Morgan fingerprint density at radius 2 is 1.75 bits per heavy atom. The van der Waals surface area contributed by atoms with E-state index >= 15 is 0 Å². The molecule has 0 spiro atoms. The number of piperidine rings is 2. The van der Waals surface area contributed by atoms with Gasteiger partial charge in [-0.3, -0.25) is 29.6 Å². The van der Waals surface area contributed by atoms with Gasteiger partial charge in [-0.1, -0.05) is 0 Å². The molecule has 0 saturated carbocycles. The first-order valence-electron chi connectivity index (χ1n) is 18.1. The van der Waals surface area contributed by atoms with E-state index in [-0.39, 0.29) is 40.9 Å². The molecule has 3 N–H and O–H groups in total. The summed E-state index contributed by atoms with van der Waals surface area (Å²) >= 11 is 0. The first-order chi connectivity index (χ1) is 24.6. The Kier molecular flexibility index (Phi) is 10.1. The second-order valence-corrected chi connectivity index (χ2v) is 14.3. The molecule has 4 aliphatic rings. The van der Waals surface area contributed by atoms with Crippen LogP contribution in [-0.4, -0.2) is 72.4 Å². The van der Waals surface area contributed by atoms with Crippen molar-refractivity contribution in [2.24, 2.45) is 17.8 Å². The summed E-state index contributed by atoms with van der Waals surface area (Å²) in [5.41, 5.74) is 12.0. The van der Waals surface area contributed by atoms with Crippen molar-refractivity contribution in [2.75, 3.05) is 37.7 Å². The van der Waals surface area contributed by atoms with Crippen LogP contribution in [0.1, 0.15) is 85.1 Å². The quantitative estimate of drug-likeness (QED) is 0.250. The standard InChI is InChI=1S/C39H46F2N6O4/c1-23-16-31-34(45(2)39(23)50)18-26(24-9-14-51-15-10-24)19-35(31)47-11-3-4-25-17-29(30(37(40)41)20-33(25)47)27(21-42)22-43-28-7-12-46(13-8-28)32-5-6-36(48)44-38(32)49/h16-22,24,28,32,37H,3-15,42H2,1-2H3,(H,44,48,49)/b27-21+,43-22?. The second kappa shape index (κ2) is 14.7. The molecule has 270 valence electrons. The summed E-state index contributed by atoms with van der Waals surface area (Å²) in [6.45, 7) is 5.14.